The summed E-state index contributed by atoms with van der Waals surface area (Å²) in [5.41, 5.74) is 0.334. The summed E-state index contributed by atoms with van der Waals surface area (Å²) in [6, 6.07) is 8.02. The molecule has 1 aliphatic rings. The fraction of sp³-hybridized carbons (Fsp3) is 0.400. The van der Waals surface area contributed by atoms with Crippen molar-refractivity contribution < 1.29 is 17.9 Å². The lowest BCUT2D eigenvalue weighted by molar-refractivity contribution is -0.148. The maximum atomic E-state index is 13.1. The molecule has 1 fully saturated rings. The smallest absolute Gasteiger partial charge is 0.328 e. The van der Waals surface area contributed by atoms with Gasteiger partial charge in [0.25, 0.3) is 0 Å². The van der Waals surface area contributed by atoms with Crippen LogP contribution in [-0.4, -0.2) is 28.7 Å². The predicted octanol–water partition coefficient (Wildman–Crippen LogP) is 3.02. The van der Waals surface area contributed by atoms with Crippen molar-refractivity contribution in [1.82, 2.24) is 9.59 Å². The molecule has 0 saturated heterocycles. The van der Waals surface area contributed by atoms with Crippen LogP contribution in [0.3, 0.4) is 0 Å². The number of nitrogens with zero attached hydrogens (tertiary/aromatic N) is 2. The van der Waals surface area contributed by atoms with Crippen molar-refractivity contribution in [3.63, 3.8) is 0 Å². The molecule has 0 unspecified atom stereocenters. The van der Waals surface area contributed by atoms with E-state index in [1.807, 2.05) is 0 Å². The Kier molecular flexibility index (Phi) is 4.89. The van der Waals surface area contributed by atoms with E-state index in [1.165, 1.54) is 12.1 Å². The van der Waals surface area contributed by atoms with Gasteiger partial charge in [-0.15, -0.1) is 5.10 Å². The molecule has 6 nitrogen and oxygen atoms in total. The van der Waals surface area contributed by atoms with Crippen LogP contribution in [0.2, 0.25) is 4.34 Å². The van der Waals surface area contributed by atoms with Crippen LogP contribution in [0.15, 0.2) is 35.2 Å². The summed E-state index contributed by atoms with van der Waals surface area (Å²) >= 11 is 6.87. The average Bonchev–Trinajstić information content (AvgIpc) is 3.23. The summed E-state index contributed by atoms with van der Waals surface area (Å²) < 4.78 is 33.9. The standard InChI is InChI=1S/C15H15ClN2O4S2/c16-13-12(17-18-23-13)10-22-14(19)15(8-4-5-9-15)24(20,21)11-6-2-1-3-7-11/h1-3,6-7H,4-5,8-10H2. The molecule has 1 heterocycles. The first-order valence-corrected chi connectivity index (χ1v) is 10.0. The van der Waals surface area contributed by atoms with E-state index in [9.17, 15) is 13.2 Å². The summed E-state index contributed by atoms with van der Waals surface area (Å²) in [5, 5.41) is 3.77. The molecule has 0 spiro atoms. The largest absolute Gasteiger partial charge is 0.458 e. The quantitative estimate of drug-likeness (QED) is 0.734. The molecule has 0 bridgehead atoms. The second kappa shape index (κ2) is 6.78. The lowest BCUT2D eigenvalue weighted by Crippen LogP contribution is -2.45. The molecule has 1 aromatic carbocycles. The van der Waals surface area contributed by atoms with E-state index in [1.54, 1.807) is 18.2 Å². The minimum atomic E-state index is -3.84. The number of rotatable bonds is 5. The predicted molar refractivity (Wildman–Crippen MR) is 89.5 cm³/mol. The molecule has 1 aliphatic carbocycles. The number of ether oxygens (including phenoxy) is 1. The Hall–Kier alpha value is -1.51. The van der Waals surface area contributed by atoms with Gasteiger partial charge in [0.05, 0.1) is 4.90 Å². The highest BCUT2D eigenvalue weighted by atomic mass is 35.5. The van der Waals surface area contributed by atoms with Gasteiger partial charge in [-0.25, -0.2) is 8.42 Å². The zero-order valence-electron chi connectivity index (χ0n) is 12.6. The molecule has 1 saturated carbocycles. The van der Waals surface area contributed by atoms with E-state index in [0.29, 0.717) is 22.9 Å². The lowest BCUT2D eigenvalue weighted by Gasteiger charge is -2.26. The van der Waals surface area contributed by atoms with Crippen molar-refractivity contribution in [2.75, 3.05) is 0 Å². The molecule has 0 N–H and O–H groups in total. The van der Waals surface area contributed by atoms with Gasteiger partial charge in [-0.05, 0) is 25.0 Å². The Morgan fingerprint density at radius 3 is 2.50 bits per heavy atom. The zero-order chi connectivity index (χ0) is 17.2. The first-order chi connectivity index (χ1) is 11.5. The Bertz CT molecular complexity index is 830. The molecule has 9 heteroatoms. The van der Waals surface area contributed by atoms with Crippen LogP contribution in [0, 0.1) is 0 Å². The van der Waals surface area contributed by atoms with E-state index in [0.717, 1.165) is 11.5 Å². The van der Waals surface area contributed by atoms with E-state index < -0.39 is 20.6 Å². The third-order valence-corrected chi connectivity index (χ3v) is 7.68. The van der Waals surface area contributed by atoms with E-state index >= 15 is 0 Å². The number of halogens is 1. The van der Waals surface area contributed by atoms with Gasteiger partial charge in [-0.1, -0.05) is 47.1 Å². The molecule has 128 valence electrons. The third-order valence-electron chi connectivity index (χ3n) is 4.20. The third kappa shape index (κ3) is 2.94. The number of benzene rings is 1. The van der Waals surface area contributed by atoms with Crippen molar-refractivity contribution in [2.24, 2.45) is 0 Å². The van der Waals surface area contributed by atoms with Gasteiger partial charge in [0.15, 0.2) is 14.6 Å². The Labute approximate surface area is 148 Å². The molecular weight excluding hydrogens is 372 g/mol. The van der Waals surface area contributed by atoms with Gasteiger partial charge >= 0.3 is 5.97 Å². The van der Waals surface area contributed by atoms with Crippen molar-refractivity contribution >= 4 is 38.9 Å². The first kappa shape index (κ1) is 17.3. The van der Waals surface area contributed by atoms with Gasteiger partial charge < -0.3 is 4.74 Å². The van der Waals surface area contributed by atoms with E-state index in [4.69, 9.17) is 16.3 Å². The number of sulfone groups is 1. The minimum Gasteiger partial charge on any atom is -0.458 e. The maximum absolute atomic E-state index is 13.1. The zero-order valence-corrected chi connectivity index (χ0v) is 15.0. The van der Waals surface area contributed by atoms with Gasteiger partial charge in [0, 0.05) is 11.5 Å². The van der Waals surface area contributed by atoms with Crippen LogP contribution in [0.5, 0.6) is 0 Å². The molecule has 0 amide bonds. The number of esters is 1. The normalized spacial score (nSPS) is 16.9. The Balaban J connectivity index is 1.88. The minimum absolute atomic E-state index is 0.136. The molecule has 3 rings (SSSR count). The number of aromatic nitrogens is 2. The van der Waals surface area contributed by atoms with Crippen LogP contribution in [0.25, 0.3) is 0 Å². The topological polar surface area (TPSA) is 86.2 Å². The highest BCUT2D eigenvalue weighted by molar-refractivity contribution is 7.93. The fourth-order valence-electron chi connectivity index (χ4n) is 2.90. The second-order valence-electron chi connectivity index (χ2n) is 5.59. The van der Waals surface area contributed by atoms with Crippen molar-refractivity contribution in [3.05, 3.63) is 40.4 Å². The molecule has 2 aromatic rings. The van der Waals surface area contributed by atoms with Gasteiger partial charge in [0.1, 0.15) is 16.6 Å². The molecular formula is C15H15ClN2O4S2. The molecule has 0 aliphatic heterocycles. The monoisotopic (exact) mass is 386 g/mol. The van der Waals surface area contributed by atoms with Crippen LogP contribution >= 0.6 is 23.1 Å². The molecule has 0 atom stereocenters. The second-order valence-corrected chi connectivity index (χ2v) is 9.20. The summed E-state index contributed by atoms with van der Waals surface area (Å²) in [7, 11) is -3.84. The highest BCUT2D eigenvalue weighted by Crippen LogP contribution is 2.41. The Morgan fingerprint density at radius 2 is 1.92 bits per heavy atom. The fourth-order valence-corrected chi connectivity index (χ4v) is 5.57. The maximum Gasteiger partial charge on any atom is 0.328 e. The molecule has 0 radical (unpaired) electrons. The molecule has 1 aromatic heterocycles. The number of carbonyl (C=O) groups is 1. The summed E-state index contributed by atoms with van der Waals surface area (Å²) in [6.45, 7) is -0.180. The van der Waals surface area contributed by atoms with E-state index in [2.05, 4.69) is 9.59 Å². The van der Waals surface area contributed by atoms with E-state index in [-0.39, 0.29) is 24.3 Å². The number of carbonyl (C=O) groups excluding carboxylic acids is 1. The van der Waals surface area contributed by atoms with Crippen LogP contribution in [0.1, 0.15) is 31.4 Å². The molecule has 24 heavy (non-hydrogen) atoms. The van der Waals surface area contributed by atoms with Gasteiger partial charge in [-0.2, -0.15) is 0 Å². The summed E-state index contributed by atoms with van der Waals surface area (Å²) in [6.07, 6.45) is 1.85. The number of hydrogen-bond acceptors (Lipinski definition) is 7. The average molecular weight is 387 g/mol. The van der Waals surface area contributed by atoms with Crippen LogP contribution in [0.4, 0.5) is 0 Å². The first-order valence-electron chi connectivity index (χ1n) is 7.41. The van der Waals surface area contributed by atoms with Gasteiger partial charge in [0.2, 0.25) is 0 Å². The van der Waals surface area contributed by atoms with Crippen LogP contribution in [-0.2, 0) is 26.0 Å². The SMILES string of the molecule is O=C(OCc1nnsc1Cl)C1(S(=O)(=O)c2ccccc2)CCCC1. The lowest BCUT2D eigenvalue weighted by atomic mass is 10.1. The number of hydrogen-bond donors (Lipinski definition) is 0. The van der Waals surface area contributed by atoms with Crippen molar-refractivity contribution in [1.29, 1.82) is 0 Å². The van der Waals surface area contributed by atoms with Crippen LogP contribution < -0.4 is 0 Å². The summed E-state index contributed by atoms with van der Waals surface area (Å²) in [4.78, 5) is 12.8. The summed E-state index contributed by atoms with van der Waals surface area (Å²) in [5.74, 6) is -0.743. The van der Waals surface area contributed by atoms with Crippen molar-refractivity contribution in [3.8, 4) is 0 Å². The van der Waals surface area contributed by atoms with Crippen molar-refractivity contribution in [2.45, 2.75) is 41.9 Å². The Morgan fingerprint density at radius 1 is 1.25 bits per heavy atom. The highest BCUT2D eigenvalue weighted by Gasteiger charge is 2.54. The van der Waals surface area contributed by atoms with Gasteiger partial charge in [-0.3, -0.25) is 4.79 Å².